The van der Waals surface area contributed by atoms with Crippen molar-refractivity contribution in [1.29, 1.82) is 0 Å². The maximum atomic E-state index is 12.9. The first-order valence-electron chi connectivity index (χ1n) is 5.85. The molecular formula is C13H15FO4. The van der Waals surface area contributed by atoms with Crippen molar-refractivity contribution in [2.45, 2.75) is 6.42 Å². The summed E-state index contributed by atoms with van der Waals surface area (Å²) in [5.74, 6) is -1.60. The van der Waals surface area contributed by atoms with E-state index in [-0.39, 0.29) is 12.5 Å². The molecule has 18 heavy (non-hydrogen) atoms. The molecule has 2 rings (SSSR count). The fourth-order valence-corrected chi connectivity index (χ4v) is 2.02. The summed E-state index contributed by atoms with van der Waals surface area (Å²) in [6, 6.07) is 5.68. The number of benzene rings is 1. The highest BCUT2D eigenvalue weighted by Crippen LogP contribution is 2.24. The number of halogens is 1. The molecule has 2 unspecified atom stereocenters. The number of carboxylic acids is 1. The van der Waals surface area contributed by atoms with E-state index in [1.807, 2.05) is 0 Å². The molecule has 2 atom stereocenters. The molecule has 1 aliphatic heterocycles. The average Bonchev–Trinajstić information content (AvgIpc) is 2.82. The largest absolute Gasteiger partial charge is 0.493 e. The van der Waals surface area contributed by atoms with Crippen LogP contribution in [-0.2, 0) is 9.53 Å². The average molecular weight is 254 g/mol. The number of carbonyl (C=O) groups is 1. The zero-order valence-corrected chi connectivity index (χ0v) is 9.84. The van der Waals surface area contributed by atoms with E-state index in [0.29, 0.717) is 19.0 Å². The van der Waals surface area contributed by atoms with Crippen LogP contribution < -0.4 is 4.74 Å². The minimum Gasteiger partial charge on any atom is -0.493 e. The second-order valence-corrected chi connectivity index (χ2v) is 4.34. The van der Waals surface area contributed by atoms with Gasteiger partial charge in [-0.15, -0.1) is 0 Å². The van der Waals surface area contributed by atoms with Gasteiger partial charge in [0.15, 0.2) is 0 Å². The Hall–Kier alpha value is -1.62. The molecule has 1 aromatic carbocycles. The Bertz CT molecular complexity index is 415. The lowest BCUT2D eigenvalue weighted by molar-refractivity contribution is -0.145. The summed E-state index contributed by atoms with van der Waals surface area (Å²) >= 11 is 0. The zero-order valence-electron chi connectivity index (χ0n) is 9.84. The number of rotatable bonds is 5. The summed E-state index contributed by atoms with van der Waals surface area (Å²) in [5.41, 5.74) is 0. The second kappa shape index (κ2) is 5.82. The van der Waals surface area contributed by atoms with Crippen LogP contribution in [0, 0.1) is 17.7 Å². The third-order valence-corrected chi connectivity index (χ3v) is 3.08. The molecule has 1 fully saturated rings. The van der Waals surface area contributed by atoms with Crippen LogP contribution >= 0.6 is 0 Å². The quantitative estimate of drug-likeness (QED) is 0.872. The second-order valence-electron chi connectivity index (χ2n) is 4.34. The van der Waals surface area contributed by atoms with Gasteiger partial charge in [0.2, 0.25) is 0 Å². The minimum atomic E-state index is -0.901. The SMILES string of the molecule is O=C(O)C(COc1cccc(F)c1)C1CCOC1. The number of ether oxygens (including phenoxy) is 2. The van der Waals surface area contributed by atoms with Crippen LogP contribution in [0.2, 0.25) is 0 Å². The first kappa shape index (κ1) is 12.8. The van der Waals surface area contributed by atoms with E-state index in [4.69, 9.17) is 14.6 Å². The lowest BCUT2D eigenvalue weighted by Crippen LogP contribution is -2.29. The number of carboxylic acid groups (broad SMARTS) is 1. The Morgan fingerprint density at radius 2 is 2.44 bits per heavy atom. The molecule has 1 heterocycles. The fourth-order valence-electron chi connectivity index (χ4n) is 2.02. The van der Waals surface area contributed by atoms with Gasteiger partial charge in [0.05, 0.1) is 12.5 Å². The normalized spacial score (nSPS) is 20.6. The molecule has 0 amide bonds. The summed E-state index contributed by atoms with van der Waals surface area (Å²) in [7, 11) is 0. The summed E-state index contributed by atoms with van der Waals surface area (Å²) in [4.78, 5) is 11.2. The molecular weight excluding hydrogens is 239 g/mol. The molecule has 0 spiro atoms. The predicted octanol–water partition coefficient (Wildman–Crippen LogP) is 1.94. The van der Waals surface area contributed by atoms with Crippen LogP contribution in [-0.4, -0.2) is 30.9 Å². The van der Waals surface area contributed by atoms with E-state index < -0.39 is 17.7 Å². The summed E-state index contributed by atoms with van der Waals surface area (Å²) in [6.45, 7) is 1.07. The molecule has 4 nitrogen and oxygen atoms in total. The Kier molecular flexibility index (Phi) is 4.15. The van der Waals surface area contributed by atoms with Gasteiger partial charge in [-0.25, -0.2) is 4.39 Å². The van der Waals surface area contributed by atoms with E-state index in [0.717, 1.165) is 6.42 Å². The molecule has 1 saturated heterocycles. The number of hydrogen-bond donors (Lipinski definition) is 1. The highest BCUT2D eigenvalue weighted by atomic mass is 19.1. The summed E-state index contributed by atoms with van der Waals surface area (Å²) in [5, 5.41) is 9.16. The molecule has 5 heteroatoms. The van der Waals surface area contributed by atoms with Gasteiger partial charge < -0.3 is 14.6 Å². The highest BCUT2D eigenvalue weighted by Gasteiger charge is 2.31. The maximum Gasteiger partial charge on any atom is 0.310 e. The van der Waals surface area contributed by atoms with Crippen LogP contribution in [0.25, 0.3) is 0 Å². The fraction of sp³-hybridized carbons (Fsp3) is 0.462. The van der Waals surface area contributed by atoms with E-state index >= 15 is 0 Å². The van der Waals surface area contributed by atoms with Gasteiger partial charge in [0.1, 0.15) is 18.2 Å². The highest BCUT2D eigenvalue weighted by molar-refractivity contribution is 5.70. The van der Waals surface area contributed by atoms with Crippen LogP contribution in [0.5, 0.6) is 5.75 Å². The van der Waals surface area contributed by atoms with Gasteiger partial charge in [-0.05, 0) is 18.6 Å². The molecule has 0 aromatic heterocycles. The molecule has 0 bridgehead atoms. The van der Waals surface area contributed by atoms with Gasteiger partial charge in [0.25, 0.3) is 0 Å². The summed E-state index contributed by atoms with van der Waals surface area (Å²) < 4.78 is 23.5. The van der Waals surface area contributed by atoms with Crippen LogP contribution in [0.1, 0.15) is 6.42 Å². The Balaban J connectivity index is 1.95. The van der Waals surface area contributed by atoms with Crippen LogP contribution in [0.4, 0.5) is 4.39 Å². The molecule has 1 aromatic rings. The summed E-state index contributed by atoms with van der Waals surface area (Å²) in [6.07, 6.45) is 0.726. The molecule has 1 aliphatic rings. The van der Waals surface area contributed by atoms with Crippen molar-refractivity contribution in [3.05, 3.63) is 30.1 Å². The predicted molar refractivity (Wildman–Crippen MR) is 61.9 cm³/mol. The molecule has 0 aliphatic carbocycles. The Labute approximate surface area is 104 Å². The van der Waals surface area contributed by atoms with Crippen molar-refractivity contribution in [2.75, 3.05) is 19.8 Å². The lowest BCUT2D eigenvalue weighted by atomic mass is 9.92. The molecule has 0 saturated carbocycles. The number of aliphatic carboxylic acids is 1. The number of hydrogen-bond acceptors (Lipinski definition) is 3. The molecule has 0 radical (unpaired) electrons. The van der Waals surface area contributed by atoms with Crippen molar-refractivity contribution in [3.8, 4) is 5.75 Å². The molecule has 1 N–H and O–H groups in total. The van der Waals surface area contributed by atoms with Crippen molar-refractivity contribution in [2.24, 2.45) is 11.8 Å². The van der Waals surface area contributed by atoms with Crippen LogP contribution in [0.15, 0.2) is 24.3 Å². The third-order valence-electron chi connectivity index (χ3n) is 3.08. The van der Waals surface area contributed by atoms with Crippen molar-refractivity contribution >= 4 is 5.97 Å². The van der Waals surface area contributed by atoms with Gasteiger partial charge in [-0.1, -0.05) is 6.07 Å². The zero-order chi connectivity index (χ0) is 13.0. The standard InChI is InChI=1S/C13H15FO4/c14-10-2-1-3-11(6-10)18-8-12(13(15)16)9-4-5-17-7-9/h1-3,6,9,12H,4-5,7-8H2,(H,15,16). The third kappa shape index (κ3) is 3.20. The van der Waals surface area contributed by atoms with E-state index in [9.17, 15) is 9.18 Å². The van der Waals surface area contributed by atoms with E-state index in [1.54, 1.807) is 6.07 Å². The Morgan fingerprint density at radius 1 is 1.61 bits per heavy atom. The van der Waals surface area contributed by atoms with Gasteiger partial charge in [-0.2, -0.15) is 0 Å². The van der Waals surface area contributed by atoms with Gasteiger partial charge in [0, 0.05) is 18.6 Å². The monoisotopic (exact) mass is 254 g/mol. The van der Waals surface area contributed by atoms with E-state index in [2.05, 4.69) is 0 Å². The lowest BCUT2D eigenvalue weighted by Gasteiger charge is -2.18. The Morgan fingerprint density at radius 3 is 3.06 bits per heavy atom. The first-order valence-corrected chi connectivity index (χ1v) is 5.85. The van der Waals surface area contributed by atoms with Crippen molar-refractivity contribution in [3.63, 3.8) is 0 Å². The van der Waals surface area contributed by atoms with Gasteiger partial charge in [-0.3, -0.25) is 4.79 Å². The van der Waals surface area contributed by atoms with Crippen LogP contribution in [0.3, 0.4) is 0 Å². The van der Waals surface area contributed by atoms with Crippen molar-refractivity contribution < 1.29 is 23.8 Å². The topological polar surface area (TPSA) is 55.8 Å². The minimum absolute atomic E-state index is 0.0314. The van der Waals surface area contributed by atoms with Crippen molar-refractivity contribution in [1.82, 2.24) is 0 Å². The first-order chi connectivity index (χ1) is 8.66. The maximum absolute atomic E-state index is 12.9. The van der Waals surface area contributed by atoms with E-state index in [1.165, 1.54) is 18.2 Å². The molecule has 98 valence electrons. The smallest absolute Gasteiger partial charge is 0.310 e. The van der Waals surface area contributed by atoms with Gasteiger partial charge >= 0.3 is 5.97 Å².